The van der Waals surface area contributed by atoms with Crippen molar-refractivity contribution in [3.05, 3.63) is 70.3 Å². The molecule has 1 saturated heterocycles. The summed E-state index contributed by atoms with van der Waals surface area (Å²) < 4.78 is 5.31. The molecule has 0 saturated carbocycles. The molecule has 0 spiro atoms. The molecule has 0 radical (unpaired) electrons. The van der Waals surface area contributed by atoms with Gasteiger partial charge < -0.3 is 19.6 Å². The number of hydrogen-bond acceptors (Lipinski definition) is 5. The molecule has 0 bridgehead atoms. The fraction of sp³-hybridized carbons (Fsp3) is 0.385. The monoisotopic (exact) mass is 436 g/mol. The van der Waals surface area contributed by atoms with Crippen LogP contribution in [0.25, 0.3) is 5.76 Å². The number of amides is 1. The molecule has 2 aromatic rings. The van der Waals surface area contributed by atoms with Crippen LogP contribution in [0, 0.1) is 13.8 Å². The average Bonchev–Trinajstić information content (AvgIpc) is 3.04. The lowest BCUT2D eigenvalue weighted by Gasteiger charge is -2.28. The van der Waals surface area contributed by atoms with Gasteiger partial charge >= 0.3 is 0 Å². The Hall–Kier alpha value is -3.12. The lowest BCUT2D eigenvalue weighted by Crippen LogP contribution is -2.38. The molecule has 3 rings (SSSR count). The number of hydrogen-bond donors (Lipinski definition) is 1. The minimum absolute atomic E-state index is 0.128. The van der Waals surface area contributed by atoms with Crippen LogP contribution in [0.4, 0.5) is 0 Å². The highest BCUT2D eigenvalue weighted by atomic mass is 16.5. The molecule has 2 aromatic carbocycles. The van der Waals surface area contributed by atoms with Gasteiger partial charge in [-0.25, -0.2) is 0 Å². The summed E-state index contributed by atoms with van der Waals surface area (Å²) in [6, 6.07) is 12.3. The van der Waals surface area contributed by atoms with Gasteiger partial charge in [0, 0.05) is 18.7 Å². The second-order valence-electron chi connectivity index (χ2n) is 8.11. The van der Waals surface area contributed by atoms with E-state index in [9.17, 15) is 14.7 Å². The van der Waals surface area contributed by atoms with Gasteiger partial charge in [-0.1, -0.05) is 43.7 Å². The zero-order chi connectivity index (χ0) is 23.4. The van der Waals surface area contributed by atoms with E-state index in [0.717, 1.165) is 29.8 Å². The lowest BCUT2D eigenvalue weighted by molar-refractivity contribution is -0.140. The first-order valence-corrected chi connectivity index (χ1v) is 11.0. The third kappa shape index (κ3) is 4.55. The summed E-state index contributed by atoms with van der Waals surface area (Å²) in [7, 11) is 1.58. The molecule has 1 aliphatic rings. The van der Waals surface area contributed by atoms with Gasteiger partial charge in [-0.05, 0) is 56.3 Å². The number of aliphatic hydroxyl groups excluding tert-OH is 1. The van der Waals surface area contributed by atoms with Crippen molar-refractivity contribution < 1.29 is 19.4 Å². The van der Waals surface area contributed by atoms with Crippen LogP contribution >= 0.6 is 0 Å². The van der Waals surface area contributed by atoms with Crippen molar-refractivity contribution in [1.29, 1.82) is 0 Å². The van der Waals surface area contributed by atoms with Gasteiger partial charge in [-0.15, -0.1) is 0 Å². The molecule has 1 amide bonds. The Labute approximate surface area is 190 Å². The largest absolute Gasteiger partial charge is 0.507 e. The number of carbonyl (C=O) groups is 2. The smallest absolute Gasteiger partial charge is 0.295 e. The standard InChI is InChI=1S/C26H32N2O4/c1-6-27(7-2)14-15-28-23(19-10-8-17(3)9-11-19)22(25(30)26(28)31)24(29)20-12-13-21(32-5)18(4)16-20/h8-13,16,23,29H,6-7,14-15H2,1-5H3/b24-22+. The van der Waals surface area contributed by atoms with Gasteiger partial charge in [-0.2, -0.15) is 0 Å². The van der Waals surface area contributed by atoms with Crippen molar-refractivity contribution in [2.75, 3.05) is 33.3 Å². The second kappa shape index (κ2) is 10.0. The molecule has 1 aliphatic heterocycles. The van der Waals surface area contributed by atoms with E-state index in [-0.39, 0.29) is 11.3 Å². The molecule has 1 unspecified atom stereocenters. The maximum absolute atomic E-state index is 13.1. The van der Waals surface area contributed by atoms with Gasteiger partial charge in [0.05, 0.1) is 18.7 Å². The van der Waals surface area contributed by atoms with Crippen molar-refractivity contribution in [2.45, 2.75) is 33.7 Å². The molecule has 1 heterocycles. The minimum Gasteiger partial charge on any atom is -0.507 e. The van der Waals surface area contributed by atoms with E-state index in [1.807, 2.05) is 38.1 Å². The maximum atomic E-state index is 13.1. The van der Waals surface area contributed by atoms with Crippen LogP contribution in [0.15, 0.2) is 48.0 Å². The first kappa shape index (κ1) is 23.5. The Morgan fingerprint density at radius 2 is 1.72 bits per heavy atom. The highest BCUT2D eigenvalue weighted by Gasteiger charge is 2.45. The van der Waals surface area contributed by atoms with E-state index in [0.29, 0.717) is 24.4 Å². The SMILES string of the molecule is CCN(CC)CCN1C(=O)C(=O)/C(=C(/O)c2ccc(OC)c(C)c2)C1c1ccc(C)cc1. The Balaban J connectivity index is 2.10. The molecule has 6 heteroatoms. The topological polar surface area (TPSA) is 70.1 Å². The molecule has 170 valence electrons. The summed E-state index contributed by atoms with van der Waals surface area (Å²) >= 11 is 0. The molecular formula is C26H32N2O4. The Morgan fingerprint density at radius 3 is 2.28 bits per heavy atom. The number of aryl methyl sites for hydroxylation is 2. The predicted molar refractivity (Wildman–Crippen MR) is 126 cm³/mol. The first-order chi connectivity index (χ1) is 15.3. The van der Waals surface area contributed by atoms with Crippen molar-refractivity contribution in [3.8, 4) is 5.75 Å². The van der Waals surface area contributed by atoms with Crippen LogP contribution in [0.3, 0.4) is 0 Å². The van der Waals surface area contributed by atoms with Gasteiger partial charge in [-0.3, -0.25) is 9.59 Å². The molecule has 1 N–H and O–H groups in total. The maximum Gasteiger partial charge on any atom is 0.295 e. The average molecular weight is 437 g/mol. The summed E-state index contributed by atoms with van der Waals surface area (Å²) in [6.07, 6.45) is 0. The van der Waals surface area contributed by atoms with Crippen LogP contribution < -0.4 is 4.74 Å². The van der Waals surface area contributed by atoms with Gasteiger partial charge in [0.25, 0.3) is 11.7 Å². The predicted octanol–water partition coefficient (Wildman–Crippen LogP) is 4.08. The van der Waals surface area contributed by atoms with Crippen LogP contribution in [0.2, 0.25) is 0 Å². The number of rotatable bonds is 8. The van der Waals surface area contributed by atoms with E-state index in [1.165, 1.54) is 0 Å². The zero-order valence-corrected chi connectivity index (χ0v) is 19.5. The van der Waals surface area contributed by atoms with E-state index < -0.39 is 17.7 Å². The van der Waals surface area contributed by atoms with Crippen molar-refractivity contribution in [3.63, 3.8) is 0 Å². The van der Waals surface area contributed by atoms with Crippen molar-refractivity contribution in [2.24, 2.45) is 0 Å². The molecular weight excluding hydrogens is 404 g/mol. The third-order valence-electron chi connectivity index (χ3n) is 6.15. The van der Waals surface area contributed by atoms with Gasteiger partial charge in [0.1, 0.15) is 11.5 Å². The Morgan fingerprint density at radius 1 is 1.06 bits per heavy atom. The Bertz CT molecular complexity index is 1020. The first-order valence-electron chi connectivity index (χ1n) is 11.0. The fourth-order valence-electron chi connectivity index (χ4n) is 4.18. The number of ketones is 1. The number of Topliss-reactive ketones (excluding diaryl/α,β-unsaturated/α-hetero) is 1. The molecule has 0 aromatic heterocycles. The van der Waals surface area contributed by atoms with Crippen molar-refractivity contribution >= 4 is 17.4 Å². The number of benzene rings is 2. The number of ether oxygens (including phenoxy) is 1. The van der Waals surface area contributed by atoms with Crippen LogP contribution in [-0.4, -0.2) is 59.9 Å². The summed E-state index contributed by atoms with van der Waals surface area (Å²) in [5.41, 5.74) is 3.34. The van der Waals surface area contributed by atoms with Crippen LogP contribution in [-0.2, 0) is 9.59 Å². The number of nitrogens with zero attached hydrogens (tertiary/aromatic N) is 2. The summed E-state index contributed by atoms with van der Waals surface area (Å²) in [5.74, 6) is -0.697. The molecule has 32 heavy (non-hydrogen) atoms. The summed E-state index contributed by atoms with van der Waals surface area (Å²) in [4.78, 5) is 30.0. The second-order valence-corrected chi connectivity index (χ2v) is 8.11. The Kier molecular flexibility index (Phi) is 7.36. The highest BCUT2D eigenvalue weighted by Crippen LogP contribution is 2.39. The molecule has 0 aliphatic carbocycles. The number of likely N-dealkylation sites (tertiary alicyclic amines) is 1. The van der Waals surface area contributed by atoms with Crippen molar-refractivity contribution in [1.82, 2.24) is 9.80 Å². The van der Waals surface area contributed by atoms with Gasteiger partial charge in [0.15, 0.2) is 0 Å². The van der Waals surface area contributed by atoms with E-state index in [1.54, 1.807) is 30.2 Å². The van der Waals surface area contributed by atoms with Gasteiger partial charge in [0.2, 0.25) is 0 Å². The third-order valence-corrected chi connectivity index (χ3v) is 6.15. The lowest BCUT2D eigenvalue weighted by atomic mass is 9.94. The molecule has 1 fully saturated rings. The zero-order valence-electron chi connectivity index (χ0n) is 19.5. The molecule has 1 atom stereocenters. The summed E-state index contributed by atoms with van der Waals surface area (Å²) in [5, 5.41) is 11.2. The van der Waals surface area contributed by atoms with E-state index >= 15 is 0 Å². The highest BCUT2D eigenvalue weighted by molar-refractivity contribution is 6.46. The number of likely N-dealkylation sites (N-methyl/N-ethyl adjacent to an activating group) is 1. The fourth-order valence-corrected chi connectivity index (χ4v) is 4.18. The quantitative estimate of drug-likeness (QED) is 0.384. The van der Waals surface area contributed by atoms with Crippen LogP contribution in [0.1, 0.15) is 42.1 Å². The van der Waals surface area contributed by atoms with Crippen LogP contribution in [0.5, 0.6) is 5.75 Å². The number of aliphatic hydroxyl groups is 1. The number of methoxy groups -OCH3 is 1. The van der Waals surface area contributed by atoms with E-state index in [4.69, 9.17) is 4.74 Å². The molecule has 6 nitrogen and oxygen atoms in total. The number of carbonyl (C=O) groups excluding carboxylic acids is 2. The normalized spacial score (nSPS) is 17.9. The summed E-state index contributed by atoms with van der Waals surface area (Å²) in [6.45, 7) is 10.8. The van der Waals surface area contributed by atoms with E-state index in [2.05, 4.69) is 18.7 Å². The minimum atomic E-state index is -0.652.